The molecule has 1 aliphatic carbocycles. The van der Waals surface area contributed by atoms with Gasteiger partial charge >= 0.3 is 0 Å². The van der Waals surface area contributed by atoms with E-state index in [1.807, 2.05) is 6.07 Å². The Morgan fingerprint density at radius 2 is 2.11 bits per heavy atom. The van der Waals surface area contributed by atoms with Crippen molar-refractivity contribution in [2.24, 2.45) is 5.92 Å². The van der Waals surface area contributed by atoms with Crippen LogP contribution in [0.5, 0.6) is 0 Å². The fraction of sp³-hybridized carbons (Fsp3) is 0.588. The number of hydrogen-bond acceptors (Lipinski definition) is 2. The van der Waals surface area contributed by atoms with E-state index in [1.165, 1.54) is 18.4 Å². The monoisotopic (exact) mass is 258 g/mol. The standard InChI is InChI=1S/C17H22O2/c18-17(10-4-8-14-9-5-11-19-14)16-12-15(16)13-6-2-1-3-7-13/h1-3,6-7,14-16H,4-5,8-12H2. The first-order valence-electron chi connectivity index (χ1n) is 7.54. The van der Waals surface area contributed by atoms with Crippen molar-refractivity contribution in [3.05, 3.63) is 35.9 Å². The van der Waals surface area contributed by atoms with E-state index in [2.05, 4.69) is 24.3 Å². The molecule has 1 aliphatic heterocycles. The fourth-order valence-corrected chi connectivity index (χ4v) is 3.18. The van der Waals surface area contributed by atoms with Crippen molar-refractivity contribution < 1.29 is 9.53 Å². The maximum absolute atomic E-state index is 12.1. The van der Waals surface area contributed by atoms with Gasteiger partial charge in [-0.25, -0.2) is 0 Å². The summed E-state index contributed by atoms with van der Waals surface area (Å²) in [6.07, 6.45) is 6.67. The van der Waals surface area contributed by atoms with E-state index in [9.17, 15) is 4.79 Å². The summed E-state index contributed by atoms with van der Waals surface area (Å²) in [7, 11) is 0. The zero-order valence-corrected chi connectivity index (χ0v) is 11.4. The first kappa shape index (κ1) is 12.9. The first-order valence-corrected chi connectivity index (χ1v) is 7.54. The molecule has 2 fully saturated rings. The van der Waals surface area contributed by atoms with E-state index in [0.29, 0.717) is 23.7 Å². The maximum Gasteiger partial charge on any atom is 0.136 e. The average molecular weight is 258 g/mol. The molecule has 3 atom stereocenters. The number of carbonyl (C=O) groups is 1. The van der Waals surface area contributed by atoms with Gasteiger partial charge in [0.15, 0.2) is 0 Å². The largest absolute Gasteiger partial charge is 0.378 e. The third-order valence-electron chi connectivity index (χ3n) is 4.40. The van der Waals surface area contributed by atoms with E-state index in [-0.39, 0.29) is 0 Å². The molecule has 3 rings (SSSR count). The second-order valence-corrected chi connectivity index (χ2v) is 5.85. The van der Waals surface area contributed by atoms with Crippen molar-refractivity contribution in [2.45, 2.75) is 50.5 Å². The predicted molar refractivity (Wildman–Crippen MR) is 75.1 cm³/mol. The average Bonchev–Trinajstić information content (AvgIpc) is 3.09. The van der Waals surface area contributed by atoms with Crippen LogP contribution in [0.4, 0.5) is 0 Å². The molecule has 1 aromatic rings. The summed E-state index contributed by atoms with van der Waals surface area (Å²) >= 11 is 0. The van der Waals surface area contributed by atoms with E-state index < -0.39 is 0 Å². The molecule has 0 amide bonds. The Morgan fingerprint density at radius 3 is 2.84 bits per heavy atom. The molecule has 0 aromatic heterocycles. The molecule has 0 spiro atoms. The lowest BCUT2D eigenvalue weighted by Crippen LogP contribution is -2.07. The van der Waals surface area contributed by atoms with Crippen LogP contribution in [-0.4, -0.2) is 18.5 Å². The molecule has 19 heavy (non-hydrogen) atoms. The number of carbonyl (C=O) groups excluding carboxylic acids is 1. The first-order chi connectivity index (χ1) is 9.34. The predicted octanol–water partition coefficient (Wildman–Crippen LogP) is 3.71. The molecular weight excluding hydrogens is 236 g/mol. The van der Waals surface area contributed by atoms with Crippen molar-refractivity contribution >= 4 is 5.78 Å². The topological polar surface area (TPSA) is 26.3 Å². The molecule has 1 saturated heterocycles. The third kappa shape index (κ3) is 3.24. The summed E-state index contributed by atoms with van der Waals surface area (Å²) in [5, 5.41) is 0. The molecule has 0 bridgehead atoms. The van der Waals surface area contributed by atoms with Gasteiger partial charge in [0.05, 0.1) is 6.10 Å². The Labute approximate surface area is 115 Å². The SMILES string of the molecule is O=C(CCCC1CCCO1)C1CC1c1ccccc1. The quantitative estimate of drug-likeness (QED) is 0.777. The zero-order chi connectivity index (χ0) is 13.1. The molecule has 1 heterocycles. The fourth-order valence-electron chi connectivity index (χ4n) is 3.18. The normalized spacial score (nSPS) is 29.4. The number of hydrogen-bond donors (Lipinski definition) is 0. The molecule has 3 unspecified atom stereocenters. The lowest BCUT2D eigenvalue weighted by molar-refractivity contribution is -0.120. The summed E-state index contributed by atoms with van der Waals surface area (Å²) in [4.78, 5) is 12.1. The summed E-state index contributed by atoms with van der Waals surface area (Å²) < 4.78 is 5.59. The Hall–Kier alpha value is -1.15. The van der Waals surface area contributed by atoms with Crippen LogP contribution in [0, 0.1) is 5.92 Å². The van der Waals surface area contributed by atoms with Crippen molar-refractivity contribution in [1.82, 2.24) is 0 Å². The van der Waals surface area contributed by atoms with Crippen LogP contribution in [0.3, 0.4) is 0 Å². The van der Waals surface area contributed by atoms with Crippen molar-refractivity contribution in [3.63, 3.8) is 0 Å². The molecule has 102 valence electrons. The number of benzene rings is 1. The Balaban J connectivity index is 1.40. The molecule has 0 radical (unpaired) electrons. The summed E-state index contributed by atoms with van der Waals surface area (Å²) in [5.41, 5.74) is 1.33. The lowest BCUT2D eigenvalue weighted by Gasteiger charge is -2.08. The highest BCUT2D eigenvalue weighted by molar-refractivity contribution is 5.84. The minimum absolute atomic E-state index is 0.298. The van der Waals surface area contributed by atoms with Gasteiger partial charge in [0.25, 0.3) is 0 Å². The van der Waals surface area contributed by atoms with Crippen LogP contribution in [0.1, 0.15) is 50.0 Å². The van der Waals surface area contributed by atoms with Crippen LogP contribution in [0.15, 0.2) is 30.3 Å². The van der Waals surface area contributed by atoms with Crippen LogP contribution < -0.4 is 0 Å². The summed E-state index contributed by atoms with van der Waals surface area (Å²) in [5.74, 6) is 1.26. The number of ether oxygens (including phenoxy) is 1. The van der Waals surface area contributed by atoms with Crippen molar-refractivity contribution in [1.29, 1.82) is 0 Å². The van der Waals surface area contributed by atoms with Crippen LogP contribution in [0.25, 0.3) is 0 Å². The lowest BCUT2D eigenvalue weighted by atomic mass is 10.0. The van der Waals surface area contributed by atoms with Gasteiger partial charge in [-0.1, -0.05) is 30.3 Å². The van der Waals surface area contributed by atoms with Crippen molar-refractivity contribution in [2.75, 3.05) is 6.61 Å². The highest BCUT2D eigenvalue weighted by atomic mass is 16.5. The maximum atomic E-state index is 12.1. The van der Waals surface area contributed by atoms with Crippen LogP contribution in [-0.2, 0) is 9.53 Å². The van der Waals surface area contributed by atoms with E-state index in [0.717, 1.165) is 32.3 Å². The number of ketones is 1. The van der Waals surface area contributed by atoms with Crippen molar-refractivity contribution in [3.8, 4) is 0 Å². The second-order valence-electron chi connectivity index (χ2n) is 5.85. The zero-order valence-electron chi connectivity index (χ0n) is 11.4. The smallest absolute Gasteiger partial charge is 0.136 e. The van der Waals surface area contributed by atoms with Gasteiger partial charge in [-0.2, -0.15) is 0 Å². The van der Waals surface area contributed by atoms with Crippen LogP contribution in [0.2, 0.25) is 0 Å². The molecule has 1 saturated carbocycles. The van der Waals surface area contributed by atoms with Gasteiger partial charge in [-0.05, 0) is 43.6 Å². The minimum Gasteiger partial charge on any atom is -0.378 e. The van der Waals surface area contributed by atoms with Gasteiger partial charge in [0.2, 0.25) is 0 Å². The molecule has 2 aliphatic rings. The van der Waals surface area contributed by atoms with E-state index >= 15 is 0 Å². The Morgan fingerprint density at radius 1 is 1.26 bits per heavy atom. The van der Waals surface area contributed by atoms with Gasteiger partial charge in [0, 0.05) is 18.9 Å². The summed E-state index contributed by atoms with van der Waals surface area (Å²) in [6.45, 7) is 0.914. The molecular formula is C17H22O2. The second kappa shape index (κ2) is 5.87. The highest BCUT2D eigenvalue weighted by Crippen LogP contribution is 2.48. The summed E-state index contributed by atoms with van der Waals surface area (Å²) in [6, 6.07) is 10.4. The number of Topliss-reactive ketones (excluding diaryl/α,β-unsaturated/α-hetero) is 1. The van der Waals surface area contributed by atoms with E-state index in [1.54, 1.807) is 0 Å². The van der Waals surface area contributed by atoms with Gasteiger partial charge < -0.3 is 4.74 Å². The molecule has 0 N–H and O–H groups in total. The van der Waals surface area contributed by atoms with Gasteiger partial charge in [0.1, 0.15) is 5.78 Å². The minimum atomic E-state index is 0.298. The molecule has 2 heteroatoms. The van der Waals surface area contributed by atoms with Gasteiger partial charge in [-0.15, -0.1) is 0 Å². The highest BCUT2D eigenvalue weighted by Gasteiger charge is 2.42. The molecule has 2 nitrogen and oxygen atoms in total. The Kier molecular flexibility index (Phi) is 3.97. The Bertz CT molecular complexity index is 420. The van der Waals surface area contributed by atoms with E-state index in [4.69, 9.17) is 4.74 Å². The third-order valence-corrected chi connectivity index (χ3v) is 4.40. The molecule has 1 aromatic carbocycles. The number of rotatable bonds is 6. The van der Waals surface area contributed by atoms with Crippen LogP contribution >= 0.6 is 0 Å². The van der Waals surface area contributed by atoms with Gasteiger partial charge in [-0.3, -0.25) is 4.79 Å².